The van der Waals surface area contributed by atoms with Crippen LogP contribution >= 0.6 is 0 Å². The predicted molar refractivity (Wildman–Crippen MR) is 86.4 cm³/mol. The van der Waals surface area contributed by atoms with Crippen LogP contribution in [0.4, 0.5) is 0 Å². The van der Waals surface area contributed by atoms with Gasteiger partial charge in [-0.25, -0.2) is 9.59 Å². The van der Waals surface area contributed by atoms with Crippen molar-refractivity contribution in [2.24, 2.45) is 0 Å². The Kier molecular flexibility index (Phi) is 5.03. The highest BCUT2D eigenvalue weighted by atomic mass is 16.4. The highest BCUT2D eigenvalue weighted by molar-refractivity contribution is 6.21. The molecule has 24 heavy (non-hydrogen) atoms. The molecule has 2 aromatic heterocycles. The number of aryl methyl sites for hydroxylation is 3. The summed E-state index contributed by atoms with van der Waals surface area (Å²) in [6.07, 6.45) is 1.27. The second kappa shape index (κ2) is 6.99. The molecule has 0 aliphatic rings. The quantitative estimate of drug-likeness (QED) is 0.807. The molecule has 0 amide bonds. The first kappa shape index (κ1) is 17.3. The van der Waals surface area contributed by atoms with Crippen molar-refractivity contribution in [1.82, 2.24) is 15.0 Å². The Morgan fingerprint density at radius 1 is 0.958 bits per heavy atom. The van der Waals surface area contributed by atoms with E-state index in [-0.39, 0.29) is 23.3 Å². The maximum absolute atomic E-state index is 11.7. The molecule has 2 aromatic rings. The molecule has 0 radical (unpaired) electrons. The molecule has 0 unspecified atom stereocenters. The minimum absolute atomic E-state index is 0.0943. The standard InChI is InChI=1S/C17H17N3O4/c1-9-10(2)20-14(11(3)19-9)8-12(16(21)22)15(17(23)24)13-6-4-5-7-18-13/h4-7H,8H2,1-3H3,(H,21,22)(H,23,24)/b15-12-. The molecule has 0 aromatic carbocycles. The second-order valence-corrected chi connectivity index (χ2v) is 5.28. The molecule has 7 nitrogen and oxygen atoms in total. The first-order valence-electron chi connectivity index (χ1n) is 7.23. The Morgan fingerprint density at radius 2 is 1.62 bits per heavy atom. The van der Waals surface area contributed by atoms with E-state index >= 15 is 0 Å². The highest BCUT2D eigenvalue weighted by Crippen LogP contribution is 2.22. The molecule has 0 aliphatic heterocycles. The van der Waals surface area contributed by atoms with E-state index in [0.29, 0.717) is 17.1 Å². The number of rotatable bonds is 5. The van der Waals surface area contributed by atoms with Gasteiger partial charge in [-0.2, -0.15) is 0 Å². The monoisotopic (exact) mass is 327 g/mol. The second-order valence-electron chi connectivity index (χ2n) is 5.28. The van der Waals surface area contributed by atoms with E-state index in [1.807, 2.05) is 6.92 Å². The third kappa shape index (κ3) is 3.62. The average molecular weight is 327 g/mol. The van der Waals surface area contributed by atoms with Crippen LogP contribution in [0.15, 0.2) is 30.0 Å². The zero-order valence-corrected chi connectivity index (χ0v) is 13.6. The van der Waals surface area contributed by atoms with Crippen LogP contribution in [0, 0.1) is 20.8 Å². The molecule has 0 bridgehead atoms. The number of aromatic nitrogens is 3. The van der Waals surface area contributed by atoms with E-state index in [1.54, 1.807) is 26.0 Å². The fourth-order valence-corrected chi connectivity index (χ4v) is 2.27. The number of pyridine rings is 1. The lowest BCUT2D eigenvalue weighted by Crippen LogP contribution is -2.15. The first-order chi connectivity index (χ1) is 11.3. The minimum atomic E-state index is -1.35. The maximum atomic E-state index is 11.7. The predicted octanol–water partition coefficient (Wildman–Crippen LogP) is 1.96. The van der Waals surface area contributed by atoms with Crippen molar-refractivity contribution < 1.29 is 19.8 Å². The lowest BCUT2D eigenvalue weighted by atomic mass is 9.99. The van der Waals surface area contributed by atoms with Gasteiger partial charge in [0.1, 0.15) is 0 Å². The summed E-state index contributed by atoms with van der Waals surface area (Å²) >= 11 is 0. The van der Waals surface area contributed by atoms with E-state index in [4.69, 9.17) is 0 Å². The van der Waals surface area contributed by atoms with Crippen molar-refractivity contribution in [3.05, 3.63) is 58.4 Å². The minimum Gasteiger partial charge on any atom is -0.478 e. The van der Waals surface area contributed by atoms with Gasteiger partial charge >= 0.3 is 11.9 Å². The van der Waals surface area contributed by atoms with Crippen molar-refractivity contribution in [2.45, 2.75) is 27.2 Å². The van der Waals surface area contributed by atoms with Crippen molar-refractivity contribution >= 4 is 17.5 Å². The van der Waals surface area contributed by atoms with Crippen LogP contribution in [-0.2, 0) is 16.0 Å². The Bertz CT molecular complexity index is 829. The molecule has 2 heterocycles. The number of hydrogen-bond donors (Lipinski definition) is 2. The van der Waals surface area contributed by atoms with Crippen molar-refractivity contribution in [3.63, 3.8) is 0 Å². The van der Waals surface area contributed by atoms with Crippen molar-refractivity contribution in [2.75, 3.05) is 0 Å². The summed E-state index contributed by atoms with van der Waals surface area (Å²) in [5.74, 6) is -2.67. The Labute approximate surface area is 138 Å². The first-order valence-corrected chi connectivity index (χ1v) is 7.23. The van der Waals surface area contributed by atoms with E-state index in [1.165, 1.54) is 12.3 Å². The molecule has 7 heteroatoms. The summed E-state index contributed by atoms with van der Waals surface area (Å²) in [7, 11) is 0. The average Bonchev–Trinajstić information content (AvgIpc) is 2.52. The van der Waals surface area contributed by atoms with Gasteiger partial charge in [-0.15, -0.1) is 0 Å². The molecule has 0 saturated heterocycles. The number of nitrogens with zero attached hydrogens (tertiary/aromatic N) is 3. The number of hydrogen-bond acceptors (Lipinski definition) is 5. The number of carbonyl (C=O) groups is 2. The summed E-state index contributed by atoms with van der Waals surface area (Å²) in [6, 6.07) is 4.69. The van der Waals surface area contributed by atoms with Crippen LogP contribution in [-0.4, -0.2) is 37.1 Å². The topological polar surface area (TPSA) is 113 Å². The van der Waals surface area contributed by atoms with Crippen LogP contribution < -0.4 is 0 Å². The fourth-order valence-electron chi connectivity index (χ4n) is 2.27. The van der Waals surface area contributed by atoms with E-state index in [9.17, 15) is 19.8 Å². The summed E-state index contributed by atoms with van der Waals surface area (Å²) in [5.41, 5.74) is 1.91. The van der Waals surface area contributed by atoms with Gasteiger partial charge in [0.05, 0.1) is 39.6 Å². The van der Waals surface area contributed by atoms with Gasteiger partial charge in [0, 0.05) is 12.6 Å². The molecule has 2 rings (SSSR count). The van der Waals surface area contributed by atoms with Crippen LogP contribution in [0.2, 0.25) is 0 Å². The SMILES string of the molecule is Cc1nc(C)c(C/C(C(=O)O)=C(/C(=O)O)c2ccccn2)nc1C. The van der Waals surface area contributed by atoms with Gasteiger partial charge in [0.2, 0.25) is 0 Å². The van der Waals surface area contributed by atoms with Crippen LogP contribution in [0.25, 0.3) is 5.57 Å². The van der Waals surface area contributed by atoms with Gasteiger partial charge in [0.25, 0.3) is 0 Å². The number of carboxylic acid groups (broad SMARTS) is 2. The summed E-state index contributed by atoms with van der Waals surface area (Å²) < 4.78 is 0. The Hall–Kier alpha value is -3.09. The third-order valence-electron chi connectivity index (χ3n) is 3.62. The molecule has 2 N–H and O–H groups in total. The van der Waals surface area contributed by atoms with Crippen LogP contribution in [0.3, 0.4) is 0 Å². The van der Waals surface area contributed by atoms with Gasteiger partial charge in [-0.05, 0) is 32.9 Å². The molecular formula is C17H17N3O4. The van der Waals surface area contributed by atoms with Crippen LogP contribution in [0.5, 0.6) is 0 Å². The normalized spacial score (nSPS) is 11.8. The van der Waals surface area contributed by atoms with Gasteiger partial charge in [-0.3, -0.25) is 15.0 Å². The molecule has 0 saturated carbocycles. The van der Waals surface area contributed by atoms with Crippen molar-refractivity contribution in [1.29, 1.82) is 0 Å². The van der Waals surface area contributed by atoms with Gasteiger partial charge in [0.15, 0.2) is 0 Å². The lowest BCUT2D eigenvalue weighted by molar-refractivity contribution is -0.134. The summed E-state index contributed by atoms with van der Waals surface area (Å²) in [5, 5.41) is 19.0. The number of aliphatic carboxylic acids is 2. The molecular weight excluding hydrogens is 310 g/mol. The smallest absolute Gasteiger partial charge is 0.338 e. The van der Waals surface area contributed by atoms with E-state index < -0.39 is 11.9 Å². The molecule has 0 aliphatic carbocycles. The molecule has 0 fully saturated rings. The zero-order valence-electron chi connectivity index (χ0n) is 13.6. The molecule has 124 valence electrons. The van der Waals surface area contributed by atoms with E-state index in [0.717, 1.165) is 5.69 Å². The van der Waals surface area contributed by atoms with E-state index in [2.05, 4.69) is 15.0 Å². The highest BCUT2D eigenvalue weighted by Gasteiger charge is 2.24. The Balaban J connectivity index is 2.62. The molecule has 0 atom stereocenters. The third-order valence-corrected chi connectivity index (χ3v) is 3.62. The van der Waals surface area contributed by atoms with Crippen LogP contribution in [0.1, 0.15) is 28.5 Å². The fraction of sp³-hybridized carbons (Fsp3) is 0.235. The number of carboxylic acids is 2. The zero-order chi connectivity index (χ0) is 17.9. The summed E-state index contributed by atoms with van der Waals surface area (Å²) in [6.45, 7) is 5.30. The van der Waals surface area contributed by atoms with Gasteiger partial charge in [-0.1, -0.05) is 6.07 Å². The van der Waals surface area contributed by atoms with Crippen molar-refractivity contribution in [3.8, 4) is 0 Å². The summed E-state index contributed by atoms with van der Waals surface area (Å²) in [4.78, 5) is 36.0. The largest absolute Gasteiger partial charge is 0.478 e. The lowest BCUT2D eigenvalue weighted by Gasteiger charge is -2.11. The Morgan fingerprint density at radius 3 is 2.17 bits per heavy atom. The van der Waals surface area contributed by atoms with Gasteiger partial charge < -0.3 is 10.2 Å². The maximum Gasteiger partial charge on any atom is 0.338 e. The molecule has 0 spiro atoms.